The van der Waals surface area contributed by atoms with E-state index in [2.05, 4.69) is 0 Å². The molecule has 1 amide bonds. The highest BCUT2D eigenvalue weighted by atomic mass is 19.1. The maximum Gasteiger partial charge on any atom is 0.410 e. The van der Waals surface area contributed by atoms with Gasteiger partial charge < -0.3 is 28.4 Å². The Morgan fingerprint density at radius 3 is 2.20 bits per heavy atom. The molecule has 0 N–H and O–H groups in total. The van der Waals surface area contributed by atoms with Crippen molar-refractivity contribution >= 4 is 18.0 Å². The summed E-state index contributed by atoms with van der Waals surface area (Å²) in [5, 5.41) is 0. The van der Waals surface area contributed by atoms with Crippen LogP contribution in [0.3, 0.4) is 0 Å². The van der Waals surface area contributed by atoms with Crippen LogP contribution in [0, 0.1) is 11.6 Å². The molecule has 0 unspecified atom stereocenters. The van der Waals surface area contributed by atoms with Gasteiger partial charge in [0.2, 0.25) is 0 Å². The van der Waals surface area contributed by atoms with E-state index < -0.39 is 41.0 Å². The van der Waals surface area contributed by atoms with Crippen molar-refractivity contribution in [3.63, 3.8) is 0 Å². The van der Waals surface area contributed by atoms with Gasteiger partial charge in [-0.25, -0.2) is 23.2 Å². The Morgan fingerprint density at radius 2 is 1.61 bits per heavy atom. The van der Waals surface area contributed by atoms with Gasteiger partial charge in [-0.05, 0) is 56.5 Å². The first kappa shape index (κ1) is 29.6. The summed E-state index contributed by atoms with van der Waals surface area (Å²) in [7, 11) is 2.41. The third-order valence-electron chi connectivity index (χ3n) is 7.13. The Kier molecular flexibility index (Phi) is 8.65. The molecule has 41 heavy (non-hydrogen) atoms. The number of likely N-dealkylation sites (tertiary alicyclic amines) is 1. The molecular weight excluding hydrogens is 538 g/mol. The number of amides is 1. The van der Waals surface area contributed by atoms with Crippen molar-refractivity contribution in [2.45, 2.75) is 45.3 Å². The SMILES string of the molecule is CCC(C)(C)OC(=O)N1CC[C@@H](n2cc(-c3ccc(Oc4c(F)cccc4F)cc3)c(C(=O)OC)c2C(=O)OC)C1. The molecule has 2 aromatic carbocycles. The van der Waals surface area contributed by atoms with E-state index in [1.54, 1.807) is 27.8 Å². The normalized spacial score (nSPS) is 15.0. The lowest BCUT2D eigenvalue weighted by molar-refractivity contribution is 0.0148. The van der Waals surface area contributed by atoms with Crippen molar-refractivity contribution < 1.29 is 42.1 Å². The zero-order valence-corrected chi connectivity index (χ0v) is 23.5. The third-order valence-corrected chi connectivity index (χ3v) is 7.13. The predicted molar refractivity (Wildman–Crippen MR) is 145 cm³/mol. The summed E-state index contributed by atoms with van der Waals surface area (Å²) in [5.74, 6) is -3.60. The number of rotatable bonds is 8. The molecule has 1 saturated heterocycles. The summed E-state index contributed by atoms with van der Waals surface area (Å²) in [6.45, 7) is 6.23. The Morgan fingerprint density at radius 1 is 0.976 bits per heavy atom. The van der Waals surface area contributed by atoms with Crippen LogP contribution in [0.5, 0.6) is 11.5 Å². The summed E-state index contributed by atoms with van der Waals surface area (Å²) in [5.41, 5.74) is 0.223. The minimum atomic E-state index is -0.852. The fourth-order valence-electron chi connectivity index (χ4n) is 4.55. The molecule has 9 nitrogen and oxygen atoms in total. The average Bonchev–Trinajstić information content (AvgIpc) is 3.60. The fourth-order valence-corrected chi connectivity index (χ4v) is 4.55. The minimum absolute atomic E-state index is 0.0127. The Labute approximate surface area is 236 Å². The van der Waals surface area contributed by atoms with Crippen LogP contribution in [0.4, 0.5) is 13.6 Å². The maximum atomic E-state index is 14.0. The summed E-state index contributed by atoms with van der Waals surface area (Å²) < 4.78 is 50.8. The minimum Gasteiger partial charge on any atom is -0.465 e. The summed E-state index contributed by atoms with van der Waals surface area (Å²) in [6.07, 6.45) is 2.33. The first-order valence-corrected chi connectivity index (χ1v) is 13.1. The molecule has 11 heteroatoms. The summed E-state index contributed by atoms with van der Waals surface area (Å²) in [4.78, 5) is 40.3. The van der Waals surface area contributed by atoms with Gasteiger partial charge in [0.05, 0.1) is 20.3 Å². The first-order valence-electron chi connectivity index (χ1n) is 13.1. The number of hydrogen-bond acceptors (Lipinski definition) is 7. The zero-order chi connectivity index (χ0) is 29.9. The van der Waals surface area contributed by atoms with E-state index in [0.29, 0.717) is 30.5 Å². The van der Waals surface area contributed by atoms with Crippen LogP contribution < -0.4 is 4.74 Å². The van der Waals surface area contributed by atoms with E-state index in [1.807, 2.05) is 20.8 Å². The van der Waals surface area contributed by atoms with Gasteiger partial charge in [-0.1, -0.05) is 25.1 Å². The van der Waals surface area contributed by atoms with Gasteiger partial charge >= 0.3 is 18.0 Å². The second-order valence-corrected chi connectivity index (χ2v) is 10.2. The van der Waals surface area contributed by atoms with Crippen LogP contribution in [0.2, 0.25) is 0 Å². The van der Waals surface area contributed by atoms with Crippen LogP contribution in [0.1, 0.15) is 60.5 Å². The molecule has 1 aliphatic heterocycles. The van der Waals surface area contributed by atoms with Crippen molar-refractivity contribution in [3.05, 3.63) is 71.6 Å². The van der Waals surface area contributed by atoms with Gasteiger partial charge in [0.1, 0.15) is 22.6 Å². The second-order valence-electron chi connectivity index (χ2n) is 10.2. The maximum absolute atomic E-state index is 14.0. The molecule has 1 aliphatic rings. The molecular formula is C30H32F2N2O7. The summed E-state index contributed by atoms with van der Waals surface area (Å²) in [6, 6.07) is 9.20. The predicted octanol–water partition coefficient (Wildman–Crippen LogP) is 6.37. The molecule has 0 bridgehead atoms. The smallest absolute Gasteiger partial charge is 0.410 e. The van der Waals surface area contributed by atoms with E-state index in [0.717, 1.165) is 12.1 Å². The lowest BCUT2D eigenvalue weighted by Gasteiger charge is -2.27. The number of ether oxygens (including phenoxy) is 4. The topological polar surface area (TPSA) is 96.3 Å². The monoisotopic (exact) mass is 570 g/mol. The molecule has 218 valence electrons. The van der Waals surface area contributed by atoms with Crippen molar-refractivity contribution in [1.82, 2.24) is 9.47 Å². The van der Waals surface area contributed by atoms with Gasteiger partial charge in [0, 0.05) is 24.8 Å². The Hall–Kier alpha value is -4.41. The lowest BCUT2D eigenvalue weighted by atomic mass is 10.0. The van der Waals surface area contributed by atoms with Crippen molar-refractivity contribution in [2.75, 3.05) is 27.3 Å². The number of para-hydroxylation sites is 1. The van der Waals surface area contributed by atoms with E-state index in [9.17, 15) is 23.2 Å². The number of halogens is 2. The molecule has 1 atom stereocenters. The van der Waals surface area contributed by atoms with Gasteiger partial charge in [-0.15, -0.1) is 0 Å². The van der Waals surface area contributed by atoms with E-state index in [4.69, 9.17) is 18.9 Å². The standard InChI is InChI=1S/C30H32F2N2O7/c1-6-30(2,3)41-29(37)33-15-14-19(16-33)34-17-21(24(27(35)38-4)25(34)28(36)39-5)18-10-12-20(13-11-18)40-26-22(31)8-7-9-23(26)32/h7-13,17,19H,6,14-16H2,1-5H3/t19-/m1/s1. The molecule has 4 rings (SSSR count). The highest BCUT2D eigenvalue weighted by Crippen LogP contribution is 2.36. The number of aromatic nitrogens is 1. The molecule has 3 aromatic rings. The van der Waals surface area contributed by atoms with Gasteiger partial charge in [0.25, 0.3) is 0 Å². The molecule has 0 spiro atoms. The fraction of sp³-hybridized carbons (Fsp3) is 0.367. The molecule has 0 radical (unpaired) electrons. The second kappa shape index (κ2) is 12.0. The van der Waals surface area contributed by atoms with E-state index >= 15 is 0 Å². The molecule has 0 aliphatic carbocycles. The summed E-state index contributed by atoms with van der Waals surface area (Å²) >= 11 is 0. The average molecular weight is 571 g/mol. The number of nitrogens with zero attached hydrogens (tertiary/aromatic N) is 2. The molecule has 1 aromatic heterocycles. The van der Waals surface area contributed by atoms with Crippen LogP contribution >= 0.6 is 0 Å². The van der Waals surface area contributed by atoms with Crippen molar-refractivity contribution in [1.29, 1.82) is 0 Å². The Bertz CT molecular complexity index is 1430. The zero-order valence-electron chi connectivity index (χ0n) is 23.5. The Balaban J connectivity index is 1.70. The lowest BCUT2D eigenvalue weighted by Crippen LogP contribution is -2.36. The quantitative estimate of drug-likeness (QED) is 0.229. The number of carbonyl (C=O) groups excluding carboxylic acids is 3. The van der Waals surface area contributed by atoms with Crippen LogP contribution in [-0.2, 0) is 14.2 Å². The van der Waals surface area contributed by atoms with Crippen LogP contribution in [-0.4, -0.2) is 60.4 Å². The third kappa shape index (κ3) is 6.18. The van der Waals surface area contributed by atoms with Crippen molar-refractivity contribution in [2.24, 2.45) is 0 Å². The number of methoxy groups -OCH3 is 2. The van der Waals surface area contributed by atoms with E-state index in [-0.39, 0.29) is 29.6 Å². The highest BCUT2D eigenvalue weighted by molar-refractivity contribution is 6.07. The molecule has 0 saturated carbocycles. The van der Waals surface area contributed by atoms with Crippen molar-refractivity contribution in [3.8, 4) is 22.6 Å². The molecule has 1 fully saturated rings. The van der Waals surface area contributed by atoms with Gasteiger partial charge in [-0.3, -0.25) is 0 Å². The van der Waals surface area contributed by atoms with Crippen LogP contribution in [0.25, 0.3) is 11.1 Å². The largest absolute Gasteiger partial charge is 0.465 e. The van der Waals surface area contributed by atoms with E-state index in [1.165, 1.54) is 32.4 Å². The number of carbonyl (C=O) groups is 3. The highest BCUT2D eigenvalue weighted by Gasteiger charge is 2.36. The van der Waals surface area contributed by atoms with Crippen LogP contribution in [0.15, 0.2) is 48.7 Å². The number of hydrogen-bond donors (Lipinski definition) is 0. The number of benzene rings is 2. The van der Waals surface area contributed by atoms with Gasteiger partial charge in [0.15, 0.2) is 17.4 Å². The number of esters is 2. The molecule has 2 heterocycles. The van der Waals surface area contributed by atoms with Gasteiger partial charge in [-0.2, -0.15) is 0 Å². The first-order chi connectivity index (χ1) is 19.5.